The lowest BCUT2D eigenvalue weighted by molar-refractivity contribution is -0.140. The molecule has 0 N–H and O–H groups in total. The van der Waals surface area contributed by atoms with Crippen molar-refractivity contribution in [2.75, 3.05) is 4.90 Å². The first-order valence-electron chi connectivity index (χ1n) is 11.8. The predicted molar refractivity (Wildman–Crippen MR) is 139 cm³/mol. The lowest BCUT2D eigenvalue weighted by atomic mass is 9.91. The van der Waals surface area contributed by atoms with E-state index in [1.54, 1.807) is 29.2 Å². The van der Waals surface area contributed by atoms with Gasteiger partial charge >= 0.3 is 0 Å². The van der Waals surface area contributed by atoms with Crippen molar-refractivity contribution < 1.29 is 18.8 Å². The molecule has 4 aromatic rings. The molecule has 1 fully saturated rings. The van der Waals surface area contributed by atoms with E-state index in [2.05, 4.69) is 4.98 Å². The Bertz CT molecular complexity index is 1380. The summed E-state index contributed by atoms with van der Waals surface area (Å²) >= 11 is 1.53. The number of nitrogens with zero attached hydrogens (tertiary/aromatic N) is 3. The van der Waals surface area contributed by atoms with Crippen LogP contribution < -0.4 is 4.90 Å². The summed E-state index contributed by atoms with van der Waals surface area (Å²) in [5.41, 5.74) is 2.42. The zero-order valence-electron chi connectivity index (χ0n) is 20.4. The van der Waals surface area contributed by atoms with Crippen LogP contribution in [0.25, 0.3) is 22.6 Å². The molecular weight excluding hydrogens is 474 g/mol. The van der Waals surface area contributed by atoms with Crippen LogP contribution in [0.1, 0.15) is 38.5 Å². The Kier molecular flexibility index (Phi) is 6.22. The fraction of sp³-hybridized carbons (Fsp3) is 0.286. The van der Waals surface area contributed by atoms with Crippen LogP contribution in [0, 0.1) is 5.41 Å². The number of rotatable bonds is 6. The van der Waals surface area contributed by atoms with Crippen LogP contribution in [0.5, 0.6) is 0 Å². The highest BCUT2D eigenvalue weighted by molar-refractivity contribution is 7.09. The summed E-state index contributed by atoms with van der Waals surface area (Å²) in [6.07, 6.45) is 0.252. The molecule has 0 bridgehead atoms. The normalized spacial score (nSPS) is 16.2. The van der Waals surface area contributed by atoms with Gasteiger partial charge in [-0.05, 0) is 53.3 Å². The lowest BCUT2D eigenvalue weighted by Gasteiger charge is -2.30. The second-order valence-electron chi connectivity index (χ2n) is 10.2. The van der Waals surface area contributed by atoms with Crippen LogP contribution in [0.2, 0.25) is 0 Å². The van der Waals surface area contributed by atoms with E-state index in [4.69, 9.17) is 4.42 Å². The van der Waals surface area contributed by atoms with Crippen molar-refractivity contribution >= 4 is 45.8 Å². The van der Waals surface area contributed by atoms with E-state index in [0.717, 1.165) is 16.0 Å². The highest BCUT2D eigenvalue weighted by Crippen LogP contribution is 2.31. The number of carbonyl (C=O) groups excluding carboxylic acids is 3. The number of carbonyl (C=O) groups is 3. The molecule has 0 saturated carbocycles. The standard InChI is InChI=1S/C28H27N3O4S/c1-28(2,3)16-25(33)30(17-20-7-6-14-36-20)22-15-24(32)31(27(22)34)19-12-10-18(11-13-19)26-29-21-8-4-5-9-23(21)35-26/h4-14,22H,15-17H2,1-3H3. The van der Waals surface area contributed by atoms with Gasteiger partial charge in [0.2, 0.25) is 17.7 Å². The van der Waals surface area contributed by atoms with Crippen LogP contribution in [0.15, 0.2) is 70.5 Å². The molecule has 1 atom stereocenters. The summed E-state index contributed by atoms with van der Waals surface area (Å²) in [6, 6.07) is 17.5. The van der Waals surface area contributed by atoms with Crippen molar-refractivity contribution in [3.8, 4) is 11.5 Å². The molecule has 0 aliphatic carbocycles. The average Bonchev–Trinajstić information content (AvgIpc) is 3.55. The number of para-hydroxylation sites is 2. The highest BCUT2D eigenvalue weighted by atomic mass is 32.1. The first-order valence-corrected chi connectivity index (χ1v) is 12.7. The Morgan fingerprint density at radius 1 is 1.08 bits per heavy atom. The summed E-state index contributed by atoms with van der Waals surface area (Å²) in [4.78, 5) is 48.0. The molecule has 8 heteroatoms. The Hall–Kier alpha value is -3.78. The maximum atomic E-state index is 13.5. The van der Waals surface area contributed by atoms with E-state index in [1.165, 1.54) is 16.2 Å². The van der Waals surface area contributed by atoms with Crippen LogP contribution in [-0.4, -0.2) is 33.6 Å². The number of fused-ring (bicyclic) bond motifs is 1. The van der Waals surface area contributed by atoms with Gasteiger partial charge in [-0.2, -0.15) is 0 Å². The smallest absolute Gasteiger partial charge is 0.257 e. The first kappa shape index (κ1) is 23.9. The predicted octanol–water partition coefficient (Wildman–Crippen LogP) is 5.65. The van der Waals surface area contributed by atoms with Crippen LogP contribution >= 0.6 is 11.3 Å². The molecule has 3 amide bonds. The van der Waals surface area contributed by atoms with Gasteiger partial charge in [0.15, 0.2) is 5.58 Å². The van der Waals surface area contributed by atoms with Gasteiger partial charge in [0.25, 0.3) is 5.91 Å². The highest BCUT2D eigenvalue weighted by Gasteiger charge is 2.44. The van der Waals surface area contributed by atoms with Gasteiger partial charge in [0.1, 0.15) is 11.6 Å². The summed E-state index contributed by atoms with van der Waals surface area (Å²) in [7, 11) is 0. The van der Waals surface area contributed by atoms with Gasteiger partial charge in [0, 0.05) is 16.9 Å². The molecule has 184 valence electrons. The molecule has 3 heterocycles. The number of benzene rings is 2. The fourth-order valence-corrected chi connectivity index (χ4v) is 5.08. The maximum absolute atomic E-state index is 13.5. The van der Waals surface area contributed by atoms with Gasteiger partial charge in [-0.25, -0.2) is 9.88 Å². The van der Waals surface area contributed by atoms with E-state index in [-0.39, 0.29) is 36.0 Å². The van der Waals surface area contributed by atoms with E-state index < -0.39 is 6.04 Å². The Labute approximate surface area is 213 Å². The molecule has 0 spiro atoms. The van der Waals surface area contributed by atoms with Gasteiger partial charge in [-0.3, -0.25) is 14.4 Å². The van der Waals surface area contributed by atoms with Crippen molar-refractivity contribution in [2.24, 2.45) is 5.41 Å². The number of anilines is 1. The second-order valence-corrected chi connectivity index (χ2v) is 11.2. The van der Waals surface area contributed by atoms with Crippen molar-refractivity contribution in [1.82, 2.24) is 9.88 Å². The van der Waals surface area contributed by atoms with E-state index in [1.807, 2.05) is 62.5 Å². The molecule has 1 aliphatic heterocycles. The number of oxazole rings is 1. The summed E-state index contributed by atoms with van der Waals surface area (Å²) in [6.45, 7) is 6.27. The molecule has 1 unspecified atom stereocenters. The Balaban J connectivity index is 1.39. The number of hydrogen-bond donors (Lipinski definition) is 0. The van der Waals surface area contributed by atoms with Gasteiger partial charge < -0.3 is 9.32 Å². The van der Waals surface area contributed by atoms with Crippen LogP contribution in [-0.2, 0) is 20.9 Å². The Morgan fingerprint density at radius 3 is 2.50 bits per heavy atom. The molecule has 1 saturated heterocycles. The fourth-order valence-electron chi connectivity index (χ4n) is 4.38. The number of amides is 3. The third-order valence-electron chi connectivity index (χ3n) is 6.07. The molecule has 36 heavy (non-hydrogen) atoms. The monoisotopic (exact) mass is 501 g/mol. The lowest BCUT2D eigenvalue weighted by Crippen LogP contribution is -2.45. The zero-order valence-corrected chi connectivity index (χ0v) is 21.2. The van der Waals surface area contributed by atoms with Gasteiger partial charge in [-0.15, -0.1) is 11.3 Å². The van der Waals surface area contributed by atoms with Crippen LogP contribution in [0.3, 0.4) is 0 Å². The largest absolute Gasteiger partial charge is 0.436 e. The minimum atomic E-state index is -0.828. The maximum Gasteiger partial charge on any atom is 0.257 e. The van der Waals surface area contributed by atoms with Gasteiger partial charge in [-0.1, -0.05) is 39.0 Å². The average molecular weight is 502 g/mol. The molecule has 7 nitrogen and oxygen atoms in total. The van der Waals surface area contributed by atoms with E-state index >= 15 is 0 Å². The number of thiophene rings is 1. The van der Waals surface area contributed by atoms with Crippen molar-refractivity contribution in [1.29, 1.82) is 0 Å². The molecular formula is C28H27N3O4S. The van der Waals surface area contributed by atoms with E-state index in [0.29, 0.717) is 23.7 Å². The second kappa shape index (κ2) is 9.35. The quantitative estimate of drug-likeness (QED) is 0.319. The number of hydrogen-bond acceptors (Lipinski definition) is 6. The third-order valence-corrected chi connectivity index (χ3v) is 6.93. The molecule has 2 aromatic heterocycles. The molecule has 1 aliphatic rings. The third kappa shape index (κ3) is 4.81. The van der Waals surface area contributed by atoms with Gasteiger partial charge in [0.05, 0.1) is 18.7 Å². The summed E-state index contributed by atoms with van der Waals surface area (Å²) < 4.78 is 5.82. The summed E-state index contributed by atoms with van der Waals surface area (Å²) in [5, 5.41) is 1.94. The molecule has 2 aromatic carbocycles. The van der Waals surface area contributed by atoms with E-state index in [9.17, 15) is 14.4 Å². The number of aromatic nitrogens is 1. The SMILES string of the molecule is CC(C)(C)CC(=O)N(Cc1cccs1)C1CC(=O)N(c2ccc(-c3nc4ccccc4o3)cc2)C1=O. The topological polar surface area (TPSA) is 83.7 Å². The molecule has 5 rings (SSSR count). The minimum absolute atomic E-state index is 0.0348. The van der Waals surface area contributed by atoms with Crippen LogP contribution in [0.4, 0.5) is 5.69 Å². The van der Waals surface area contributed by atoms with Crippen molar-refractivity contribution in [3.63, 3.8) is 0 Å². The first-order chi connectivity index (χ1) is 17.2. The zero-order chi connectivity index (χ0) is 25.4. The Morgan fingerprint density at radius 2 is 1.83 bits per heavy atom. The summed E-state index contributed by atoms with van der Waals surface area (Å²) in [5.74, 6) is -0.363. The minimum Gasteiger partial charge on any atom is -0.436 e. The van der Waals surface area contributed by atoms with Crippen molar-refractivity contribution in [3.05, 3.63) is 70.9 Å². The molecule has 0 radical (unpaired) electrons. The van der Waals surface area contributed by atoms with Crippen molar-refractivity contribution in [2.45, 2.75) is 46.2 Å². The number of imide groups is 1.